The average Bonchev–Trinajstić information content (AvgIpc) is 2.21. The summed E-state index contributed by atoms with van der Waals surface area (Å²) in [5.41, 5.74) is 6.88. The van der Waals surface area contributed by atoms with E-state index in [-0.39, 0.29) is 5.28 Å². The molecule has 1 heterocycles. The number of hydrogen-bond donors (Lipinski definition) is 3. The van der Waals surface area contributed by atoms with Crippen LogP contribution < -0.4 is 11.1 Å². The van der Waals surface area contributed by atoms with E-state index in [1.54, 1.807) is 6.92 Å². The van der Waals surface area contributed by atoms with Crippen molar-refractivity contribution in [2.24, 2.45) is 0 Å². The zero-order valence-electron chi connectivity index (χ0n) is 9.50. The molecular formula is C10H17ClN4O. The quantitative estimate of drug-likeness (QED) is 0.685. The molecule has 5 nitrogen and oxygen atoms in total. The molecule has 0 aromatic carbocycles. The second kappa shape index (κ2) is 5.86. The zero-order chi connectivity index (χ0) is 12.1. The number of aliphatic hydroxyl groups is 1. The molecule has 0 aliphatic heterocycles. The molecule has 6 heteroatoms. The van der Waals surface area contributed by atoms with Crippen molar-refractivity contribution in [2.45, 2.75) is 32.8 Å². The molecule has 1 aromatic heterocycles. The second-order valence-corrected chi connectivity index (χ2v) is 4.00. The van der Waals surface area contributed by atoms with Gasteiger partial charge in [0.15, 0.2) is 5.82 Å². The van der Waals surface area contributed by atoms with Gasteiger partial charge in [-0.3, -0.25) is 0 Å². The number of nitrogens with two attached hydrogens (primary N) is 1. The van der Waals surface area contributed by atoms with Crippen molar-refractivity contribution in [1.82, 2.24) is 9.97 Å². The standard InChI is InChI=1S/C10H17ClN4O/c1-3-4-7(16)5-13-9-8(12)6(2)14-10(11)15-9/h7,16H,3-5,12H2,1-2H3,(H,13,14,15). The Bertz CT molecular complexity index is 359. The lowest BCUT2D eigenvalue weighted by molar-refractivity contribution is 0.176. The third-order valence-corrected chi connectivity index (χ3v) is 2.40. The number of aliphatic hydroxyl groups excluding tert-OH is 1. The Hall–Kier alpha value is -1.07. The molecule has 1 unspecified atom stereocenters. The van der Waals surface area contributed by atoms with Gasteiger partial charge in [-0.25, -0.2) is 4.98 Å². The van der Waals surface area contributed by atoms with Crippen LogP contribution in [0.15, 0.2) is 0 Å². The number of nitrogens with one attached hydrogen (secondary N) is 1. The third kappa shape index (κ3) is 3.50. The van der Waals surface area contributed by atoms with Crippen LogP contribution in [-0.4, -0.2) is 27.7 Å². The molecule has 0 amide bonds. The van der Waals surface area contributed by atoms with Crippen LogP contribution in [0.3, 0.4) is 0 Å². The van der Waals surface area contributed by atoms with E-state index >= 15 is 0 Å². The maximum absolute atomic E-state index is 9.56. The van der Waals surface area contributed by atoms with Crippen LogP contribution in [-0.2, 0) is 0 Å². The lowest BCUT2D eigenvalue weighted by Crippen LogP contribution is -2.20. The SMILES string of the molecule is CCCC(O)CNc1nc(Cl)nc(C)c1N. The monoisotopic (exact) mass is 244 g/mol. The Balaban J connectivity index is 2.66. The van der Waals surface area contributed by atoms with Crippen LogP contribution in [0.25, 0.3) is 0 Å². The predicted octanol–water partition coefficient (Wildman–Crippen LogP) is 1.59. The Labute approximate surface area is 100 Å². The van der Waals surface area contributed by atoms with Gasteiger partial charge in [-0.15, -0.1) is 0 Å². The van der Waals surface area contributed by atoms with Crippen LogP contribution in [0.2, 0.25) is 5.28 Å². The summed E-state index contributed by atoms with van der Waals surface area (Å²) >= 11 is 5.72. The fraction of sp³-hybridized carbons (Fsp3) is 0.600. The van der Waals surface area contributed by atoms with Crippen molar-refractivity contribution >= 4 is 23.1 Å². The Morgan fingerprint density at radius 3 is 2.81 bits per heavy atom. The molecule has 1 rings (SSSR count). The minimum absolute atomic E-state index is 0.152. The molecule has 0 aliphatic carbocycles. The number of aryl methyl sites for hydroxylation is 1. The van der Waals surface area contributed by atoms with Crippen molar-refractivity contribution in [1.29, 1.82) is 0 Å². The Kier molecular flexibility index (Phi) is 4.76. The highest BCUT2D eigenvalue weighted by Crippen LogP contribution is 2.20. The predicted molar refractivity (Wildman–Crippen MR) is 65.6 cm³/mol. The van der Waals surface area contributed by atoms with Crippen LogP contribution in [0.5, 0.6) is 0 Å². The molecule has 0 spiro atoms. The van der Waals surface area contributed by atoms with Crippen LogP contribution in [0.4, 0.5) is 11.5 Å². The summed E-state index contributed by atoms with van der Waals surface area (Å²) in [5.74, 6) is 0.479. The van der Waals surface area contributed by atoms with E-state index in [0.717, 1.165) is 12.8 Å². The highest BCUT2D eigenvalue weighted by Gasteiger charge is 2.09. The van der Waals surface area contributed by atoms with Gasteiger partial charge in [0.05, 0.1) is 17.5 Å². The first-order valence-electron chi connectivity index (χ1n) is 5.26. The fourth-order valence-corrected chi connectivity index (χ4v) is 1.54. The van der Waals surface area contributed by atoms with Gasteiger partial charge < -0.3 is 16.2 Å². The van der Waals surface area contributed by atoms with Crippen LogP contribution in [0, 0.1) is 6.92 Å². The summed E-state index contributed by atoms with van der Waals surface area (Å²) in [6, 6.07) is 0. The number of aromatic nitrogens is 2. The van der Waals surface area contributed by atoms with E-state index in [9.17, 15) is 5.11 Å². The molecule has 0 saturated carbocycles. The van der Waals surface area contributed by atoms with Gasteiger partial charge >= 0.3 is 0 Å². The maximum atomic E-state index is 9.56. The number of rotatable bonds is 5. The highest BCUT2D eigenvalue weighted by atomic mass is 35.5. The molecule has 0 aliphatic rings. The van der Waals surface area contributed by atoms with E-state index in [2.05, 4.69) is 15.3 Å². The Morgan fingerprint density at radius 2 is 2.19 bits per heavy atom. The van der Waals surface area contributed by atoms with Gasteiger partial charge in [0.1, 0.15) is 0 Å². The van der Waals surface area contributed by atoms with Gasteiger partial charge in [0.25, 0.3) is 0 Å². The summed E-state index contributed by atoms with van der Waals surface area (Å²) in [6.45, 7) is 4.19. The van der Waals surface area contributed by atoms with Gasteiger partial charge in [-0.2, -0.15) is 4.98 Å². The zero-order valence-corrected chi connectivity index (χ0v) is 10.3. The van der Waals surface area contributed by atoms with E-state index in [4.69, 9.17) is 17.3 Å². The molecule has 0 saturated heterocycles. The first-order valence-corrected chi connectivity index (χ1v) is 5.64. The summed E-state index contributed by atoms with van der Waals surface area (Å²) in [7, 11) is 0. The van der Waals surface area contributed by atoms with Gasteiger partial charge in [0.2, 0.25) is 5.28 Å². The lowest BCUT2D eigenvalue weighted by Gasteiger charge is -2.13. The van der Waals surface area contributed by atoms with Crippen molar-refractivity contribution in [3.63, 3.8) is 0 Å². The molecule has 1 aromatic rings. The van der Waals surface area contributed by atoms with E-state index in [1.807, 2.05) is 6.92 Å². The minimum Gasteiger partial charge on any atom is -0.394 e. The van der Waals surface area contributed by atoms with E-state index in [1.165, 1.54) is 0 Å². The molecule has 16 heavy (non-hydrogen) atoms. The van der Waals surface area contributed by atoms with E-state index in [0.29, 0.717) is 23.7 Å². The van der Waals surface area contributed by atoms with Crippen molar-refractivity contribution in [3.8, 4) is 0 Å². The topological polar surface area (TPSA) is 84.1 Å². The van der Waals surface area contributed by atoms with Crippen LogP contribution in [0.1, 0.15) is 25.5 Å². The maximum Gasteiger partial charge on any atom is 0.224 e. The summed E-state index contributed by atoms with van der Waals surface area (Å²) < 4.78 is 0. The first-order chi connectivity index (χ1) is 7.54. The molecule has 1 atom stereocenters. The number of nitrogen functional groups attached to an aromatic ring is 1. The Morgan fingerprint density at radius 1 is 1.50 bits per heavy atom. The third-order valence-electron chi connectivity index (χ3n) is 2.24. The van der Waals surface area contributed by atoms with Gasteiger partial charge in [0, 0.05) is 6.54 Å². The molecular weight excluding hydrogens is 228 g/mol. The molecule has 0 bridgehead atoms. The van der Waals surface area contributed by atoms with E-state index < -0.39 is 6.10 Å². The number of hydrogen-bond acceptors (Lipinski definition) is 5. The normalized spacial score (nSPS) is 12.5. The smallest absolute Gasteiger partial charge is 0.224 e. The number of nitrogens with zero attached hydrogens (tertiary/aromatic N) is 2. The average molecular weight is 245 g/mol. The minimum atomic E-state index is -0.404. The van der Waals surface area contributed by atoms with Crippen molar-refractivity contribution in [2.75, 3.05) is 17.6 Å². The number of halogens is 1. The molecule has 4 N–H and O–H groups in total. The van der Waals surface area contributed by atoms with Gasteiger partial charge in [-0.1, -0.05) is 13.3 Å². The van der Waals surface area contributed by atoms with Crippen molar-refractivity contribution in [3.05, 3.63) is 11.0 Å². The fourth-order valence-electron chi connectivity index (χ4n) is 1.33. The molecule has 0 radical (unpaired) electrons. The lowest BCUT2D eigenvalue weighted by atomic mass is 10.2. The largest absolute Gasteiger partial charge is 0.394 e. The summed E-state index contributed by atoms with van der Waals surface area (Å²) in [4.78, 5) is 7.90. The molecule has 90 valence electrons. The van der Waals surface area contributed by atoms with Crippen LogP contribution >= 0.6 is 11.6 Å². The summed E-state index contributed by atoms with van der Waals surface area (Å²) in [5, 5.41) is 12.7. The highest BCUT2D eigenvalue weighted by molar-refractivity contribution is 6.28. The molecule has 0 fully saturated rings. The van der Waals surface area contributed by atoms with Gasteiger partial charge in [-0.05, 0) is 24.9 Å². The first kappa shape index (κ1) is 13.0. The number of anilines is 2. The second-order valence-electron chi connectivity index (χ2n) is 3.66. The summed E-state index contributed by atoms with van der Waals surface area (Å²) in [6.07, 6.45) is 1.27. The van der Waals surface area contributed by atoms with Crippen molar-refractivity contribution < 1.29 is 5.11 Å².